The Bertz CT molecular complexity index is 546. The largest absolute Gasteiger partial charge is 0.452 e. The highest BCUT2D eigenvalue weighted by Crippen LogP contribution is 2.17. The minimum atomic E-state index is -0.431. The van der Waals surface area contributed by atoms with Crippen LogP contribution in [0.15, 0.2) is 18.2 Å². The Labute approximate surface area is 138 Å². The zero-order valence-corrected chi connectivity index (χ0v) is 14.2. The first-order valence-corrected chi connectivity index (χ1v) is 8.60. The van der Waals surface area contributed by atoms with Gasteiger partial charge in [0.05, 0.1) is 5.56 Å². The molecule has 2 rings (SSSR count). The summed E-state index contributed by atoms with van der Waals surface area (Å²) < 4.78 is 5.17. The number of esters is 1. The molecule has 0 aliphatic heterocycles. The second-order valence-corrected chi connectivity index (χ2v) is 6.50. The summed E-state index contributed by atoms with van der Waals surface area (Å²) in [6.45, 7) is 3.59. The molecule has 0 saturated heterocycles. The maximum atomic E-state index is 12.1. The molecule has 4 nitrogen and oxygen atoms in total. The Morgan fingerprint density at radius 3 is 2.43 bits per heavy atom. The Morgan fingerprint density at radius 2 is 1.74 bits per heavy atom. The second-order valence-electron chi connectivity index (χ2n) is 6.50. The van der Waals surface area contributed by atoms with E-state index in [0.29, 0.717) is 5.56 Å². The molecule has 0 atom stereocenters. The minimum absolute atomic E-state index is 0.200. The van der Waals surface area contributed by atoms with Crippen LogP contribution in [0.25, 0.3) is 0 Å². The predicted molar refractivity (Wildman–Crippen MR) is 90.4 cm³/mol. The van der Waals surface area contributed by atoms with E-state index < -0.39 is 5.97 Å². The van der Waals surface area contributed by atoms with E-state index in [1.807, 2.05) is 26.0 Å². The number of benzene rings is 1. The molecule has 1 aromatic rings. The fourth-order valence-electron chi connectivity index (χ4n) is 3.03. The van der Waals surface area contributed by atoms with Gasteiger partial charge in [-0.2, -0.15) is 0 Å². The van der Waals surface area contributed by atoms with Crippen LogP contribution >= 0.6 is 0 Å². The third kappa shape index (κ3) is 5.70. The SMILES string of the molecule is Cc1ccc(C)c(C(=O)OCC(=O)NC2CCCCCCC2)c1. The van der Waals surface area contributed by atoms with E-state index in [0.717, 1.165) is 36.8 Å². The average Bonchev–Trinajstić information content (AvgIpc) is 2.50. The molecular formula is C19H27NO3. The molecule has 0 unspecified atom stereocenters. The standard InChI is InChI=1S/C19H27NO3/c1-14-10-11-15(2)17(12-14)19(22)23-13-18(21)20-16-8-6-4-3-5-7-9-16/h10-12,16H,3-9,13H2,1-2H3,(H,20,21). The fourth-order valence-corrected chi connectivity index (χ4v) is 3.03. The summed E-state index contributed by atoms with van der Waals surface area (Å²) in [5.74, 6) is -0.631. The molecule has 1 fully saturated rings. The second kappa shape index (κ2) is 8.70. The number of amides is 1. The van der Waals surface area contributed by atoms with E-state index in [4.69, 9.17) is 4.74 Å². The number of carbonyl (C=O) groups excluding carboxylic acids is 2. The van der Waals surface area contributed by atoms with E-state index in [1.165, 1.54) is 19.3 Å². The van der Waals surface area contributed by atoms with Crippen LogP contribution < -0.4 is 5.32 Å². The fraction of sp³-hybridized carbons (Fsp3) is 0.579. The topological polar surface area (TPSA) is 55.4 Å². The summed E-state index contributed by atoms with van der Waals surface area (Å²) in [7, 11) is 0. The van der Waals surface area contributed by atoms with Gasteiger partial charge >= 0.3 is 5.97 Å². The Kier molecular flexibility index (Phi) is 6.63. The van der Waals surface area contributed by atoms with Gasteiger partial charge in [-0.1, -0.05) is 49.8 Å². The van der Waals surface area contributed by atoms with Gasteiger partial charge < -0.3 is 10.1 Å². The van der Waals surface area contributed by atoms with Crippen molar-refractivity contribution in [2.45, 2.75) is 64.8 Å². The van der Waals surface area contributed by atoms with Crippen LogP contribution in [0, 0.1) is 13.8 Å². The molecule has 126 valence electrons. The third-order valence-electron chi connectivity index (χ3n) is 4.42. The molecule has 0 aromatic heterocycles. The van der Waals surface area contributed by atoms with E-state index in [1.54, 1.807) is 6.07 Å². The van der Waals surface area contributed by atoms with Crippen LogP contribution in [0.4, 0.5) is 0 Å². The van der Waals surface area contributed by atoms with Crippen molar-refractivity contribution in [3.8, 4) is 0 Å². The normalized spacial score (nSPS) is 16.3. The summed E-state index contributed by atoms with van der Waals surface area (Å²) >= 11 is 0. The average molecular weight is 317 g/mol. The Balaban J connectivity index is 1.81. The van der Waals surface area contributed by atoms with Gasteiger partial charge in [-0.15, -0.1) is 0 Å². The molecule has 1 aromatic carbocycles. The highest BCUT2D eigenvalue weighted by molar-refractivity contribution is 5.92. The Hall–Kier alpha value is -1.84. The van der Waals surface area contributed by atoms with Crippen molar-refractivity contribution < 1.29 is 14.3 Å². The van der Waals surface area contributed by atoms with Crippen molar-refractivity contribution >= 4 is 11.9 Å². The van der Waals surface area contributed by atoms with Crippen LogP contribution in [-0.4, -0.2) is 24.5 Å². The molecule has 1 amide bonds. The first-order valence-electron chi connectivity index (χ1n) is 8.60. The van der Waals surface area contributed by atoms with Crippen LogP contribution in [0.2, 0.25) is 0 Å². The van der Waals surface area contributed by atoms with Crippen LogP contribution in [0.1, 0.15) is 66.4 Å². The van der Waals surface area contributed by atoms with Crippen molar-refractivity contribution in [1.29, 1.82) is 0 Å². The number of aryl methyl sites for hydroxylation is 2. The number of hydrogen-bond acceptors (Lipinski definition) is 3. The molecule has 23 heavy (non-hydrogen) atoms. The van der Waals surface area contributed by atoms with Crippen molar-refractivity contribution in [1.82, 2.24) is 5.32 Å². The summed E-state index contributed by atoms with van der Waals surface area (Å²) in [6.07, 6.45) is 8.16. The van der Waals surface area contributed by atoms with Crippen LogP contribution in [-0.2, 0) is 9.53 Å². The van der Waals surface area contributed by atoms with Crippen LogP contribution in [0.5, 0.6) is 0 Å². The van der Waals surface area contributed by atoms with E-state index in [2.05, 4.69) is 5.32 Å². The minimum Gasteiger partial charge on any atom is -0.452 e. The van der Waals surface area contributed by atoms with Gasteiger partial charge in [-0.05, 0) is 38.3 Å². The molecular weight excluding hydrogens is 290 g/mol. The van der Waals surface area contributed by atoms with Crippen molar-refractivity contribution in [2.75, 3.05) is 6.61 Å². The first-order chi connectivity index (χ1) is 11.1. The summed E-state index contributed by atoms with van der Waals surface area (Å²) in [5, 5.41) is 3.00. The monoisotopic (exact) mass is 317 g/mol. The van der Waals surface area contributed by atoms with Gasteiger partial charge in [0.1, 0.15) is 0 Å². The van der Waals surface area contributed by atoms with Gasteiger partial charge in [-0.3, -0.25) is 4.79 Å². The third-order valence-corrected chi connectivity index (χ3v) is 4.42. The van der Waals surface area contributed by atoms with Crippen molar-refractivity contribution in [3.05, 3.63) is 34.9 Å². The van der Waals surface area contributed by atoms with E-state index in [-0.39, 0.29) is 18.6 Å². The van der Waals surface area contributed by atoms with Gasteiger partial charge in [0.2, 0.25) is 0 Å². The lowest BCUT2D eigenvalue weighted by atomic mass is 9.97. The summed E-state index contributed by atoms with van der Waals surface area (Å²) in [5.41, 5.74) is 2.39. The lowest BCUT2D eigenvalue weighted by molar-refractivity contribution is -0.125. The summed E-state index contributed by atoms with van der Waals surface area (Å²) in [4.78, 5) is 24.1. The number of ether oxygens (including phenoxy) is 1. The molecule has 0 heterocycles. The van der Waals surface area contributed by atoms with Crippen molar-refractivity contribution in [3.63, 3.8) is 0 Å². The van der Waals surface area contributed by atoms with Gasteiger partial charge in [-0.25, -0.2) is 4.79 Å². The smallest absolute Gasteiger partial charge is 0.338 e. The molecule has 1 aliphatic rings. The quantitative estimate of drug-likeness (QED) is 0.862. The van der Waals surface area contributed by atoms with E-state index >= 15 is 0 Å². The lowest BCUT2D eigenvalue weighted by Crippen LogP contribution is -2.38. The Morgan fingerprint density at radius 1 is 1.09 bits per heavy atom. The zero-order chi connectivity index (χ0) is 16.7. The van der Waals surface area contributed by atoms with Gasteiger partial charge in [0.15, 0.2) is 6.61 Å². The van der Waals surface area contributed by atoms with Gasteiger partial charge in [0.25, 0.3) is 5.91 Å². The number of hydrogen-bond donors (Lipinski definition) is 1. The number of carbonyl (C=O) groups is 2. The molecule has 1 N–H and O–H groups in total. The predicted octanol–water partition coefficient (Wildman–Crippen LogP) is 3.69. The van der Waals surface area contributed by atoms with E-state index in [9.17, 15) is 9.59 Å². The highest BCUT2D eigenvalue weighted by atomic mass is 16.5. The molecule has 4 heteroatoms. The number of nitrogens with one attached hydrogen (secondary N) is 1. The zero-order valence-electron chi connectivity index (χ0n) is 14.2. The lowest BCUT2D eigenvalue weighted by Gasteiger charge is -2.21. The molecule has 0 spiro atoms. The summed E-state index contributed by atoms with van der Waals surface area (Å²) in [6, 6.07) is 5.86. The van der Waals surface area contributed by atoms with Gasteiger partial charge in [0, 0.05) is 6.04 Å². The highest BCUT2D eigenvalue weighted by Gasteiger charge is 2.16. The molecule has 0 radical (unpaired) electrons. The molecule has 1 saturated carbocycles. The maximum absolute atomic E-state index is 12.1. The first kappa shape index (κ1) is 17.5. The maximum Gasteiger partial charge on any atom is 0.338 e. The molecule has 0 bridgehead atoms. The molecule has 1 aliphatic carbocycles. The number of rotatable bonds is 4. The van der Waals surface area contributed by atoms with Crippen LogP contribution in [0.3, 0.4) is 0 Å². The van der Waals surface area contributed by atoms with Crippen molar-refractivity contribution in [2.24, 2.45) is 0 Å².